The van der Waals surface area contributed by atoms with Crippen molar-refractivity contribution in [1.29, 1.82) is 0 Å². The minimum absolute atomic E-state index is 0.187. The van der Waals surface area contributed by atoms with E-state index in [1.165, 1.54) is 6.26 Å². The summed E-state index contributed by atoms with van der Waals surface area (Å²) in [6, 6.07) is 9.88. The van der Waals surface area contributed by atoms with Crippen LogP contribution < -0.4 is 10.1 Å². The van der Waals surface area contributed by atoms with Crippen LogP contribution in [0.15, 0.2) is 47.1 Å². The zero-order valence-electron chi connectivity index (χ0n) is 12.8. The zero-order valence-corrected chi connectivity index (χ0v) is 12.8. The van der Waals surface area contributed by atoms with Gasteiger partial charge >= 0.3 is 0 Å². The Kier molecular flexibility index (Phi) is 4.32. The van der Waals surface area contributed by atoms with E-state index < -0.39 is 6.04 Å². The van der Waals surface area contributed by atoms with Crippen LogP contribution in [0.2, 0.25) is 0 Å². The standard InChI is InChI=1S/C17H18N2O4/c1-22-13-8-6-12(7-9-13)18-16(20)14-4-2-10-19(14)17(21)15-5-3-11-23-15/h3,5-9,11,14H,2,4,10H2,1H3,(H,18,20). The van der Waals surface area contributed by atoms with Crippen LogP contribution >= 0.6 is 0 Å². The second kappa shape index (κ2) is 6.56. The van der Waals surface area contributed by atoms with Crippen molar-refractivity contribution >= 4 is 17.5 Å². The Bertz CT molecular complexity index is 679. The average Bonchev–Trinajstić information content (AvgIpc) is 3.26. The summed E-state index contributed by atoms with van der Waals surface area (Å²) >= 11 is 0. The molecular formula is C17H18N2O4. The SMILES string of the molecule is COc1ccc(NC(=O)C2CCCN2C(=O)c2ccco2)cc1. The minimum atomic E-state index is -0.477. The fourth-order valence-electron chi connectivity index (χ4n) is 2.72. The Morgan fingerprint density at radius 3 is 2.70 bits per heavy atom. The molecule has 1 saturated heterocycles. The van der Waals surface area contributed by atoms with Crippen molar-refractivity contribution in [2.75, 3.05) is 19.0 Å². The summed E-state index contributed by atoms with van der Waals surface area (Å²) in [6.45, 7) is 0.556. The van der Waals surface area contributed by atoms with E-state index in [-0.39, 0.29) is 17.6 Å². The molecule has 0 spiro atoms. The second-order valence-electron chi connectivity index (χ2n) is 5.35. The number of benzene rings is 1. The van der Waals surface area contributed by atoms with Crippen molar-refractivity contribution < 1.29 is 18.7 Å². The Labute approximate surface area is 134 Å². The second-order valence-corrected chi connectivity index (χ2v) is 5.35. The van der Waals surface area contributed by atoms with Crippen LogP contribution in [0.5, 0.6) is 5.75 Å². The molecule has 1 unspecified atom stereocenters. The highest BCUT2D eigenvalue weighted by molar-refractivity contribution is 6.00. The number of nitrogens with zero attached hydrogens (tertiary/aromatic N) is 1. The number of carbonyl (C=O) groups is 2. The van der Waals surface area contributed by atoms with E-state index in [2.05, 4.69) is 5.32 Å². The first-order valence-corrected chi connectivity index (χ1v) is 7.48. The van der Waals surface area contributed by atoms with Crippen LogP contribution in [0, 0.1) is 0 Å². The first-order chi connectivity index (χ1) is 11.2. The van der Waals surface area contributed by atoms with Gasteiger partial charge in [-0.15, -0.1) is 0 Å². The van der Waals surface area contributed by atoms with Crippen LogP contribution in [0.25, 0.3) is 0 Å². The number of hydrogen-bond acceptors (Lipinski definition) is 4. The van der Waals surface area contributed by atoms with E-state index in [1.807, 2.05) is 0 Å². The zero-order chi connectivity index (χ0) is 16.2. The predicted octanol–water partition coefficient (Wildman–Crippen LogP) is 2.53. The first-order valence-electron chi connectivity index (χ1n) is 7.48. The predicted molar refractivity (Wildman–Crippen MR) is 84.4 cm³/mol. The summed E-state index contributed by atoms with van der Waals surface area (Å²) in [5.74, 6) is 0.544. The quantitative estimate of drug-likeness (QED) is 0.941. The van der Waals surface area contributed by atoms with Crippen LogP contribution in [0.4, 0.5) is 5.69 Å². The van der Waals surface area contributed by atoms with Crippen molar-refractivity contribution in [2.45, 2.75) is 18.9 Å². The Balaban J connectivity index is 1.69. The van der Waals surface area contributed by atoms with Gasteiger partial charge in [0.2, 0.25) is 5.91 Å². The molecule has 0 aliphatic carbocycles. The minimum Gasteiger partial charge on any atom is -0.497 e. The summed E-state index contributed by atoms with van der Waals surface area (Å²) < 4.78 is 10.2. The van der Waals surface area contributed by atoms with E-state index >= 15 is 0 Å². The third-order valence-corrected chi connectivity index (χ3v) is 3.91. The highest BCUT2D eigenvalue weighted by Gasteiger charge is 2.35. The van der Waals surface area contributed by atoms with Gasteiger partial charge in [0.15, 0.2) is 5.76 Å². The summed E-state index contributed by atoms with van der Waals surface area (Å²) in [5, 5.41) is 2.85. The van der Waals surface area contributed by atoms with Gasteiger partial charge in [0.05, 0.1) is 13.4 Å². The molecule has 6 heteroatoms. The maximum atomic E-state index is 12.5. The highest BCUT2D eigenvalue weighted by Crippen LogP contribution is 2.22. The Morgan fingerprint density at radius 2 is 2.04 bits per heavy atom. The number of ether oxygens (including phenoxy) is 1. The Morgan fingerprint density at radius 1 is 1.26 bits per heavy atom. The first kappa shape index (κ1) is 15.1. The number of anilines is 1. The molecule has 2 amide bonds. The molecule has 120 valence electrons. The molecule has 1 aliphatic rings. The summed E-state index contributed by atoms with van der Waals surface area (Å²) in [6.07, 6.45) is 2.90. The van der Waals surface area contributed by atoms with Crippen LogP contribution in [0.3, 0.4) is 0 Å². The number of carbonyl (C=O) groups excluding carboxylic acids is 2. The van der Waals surface area contributed by atoms with Crippen LogP contribution in [-0.2, 0) is 4.79 Å². The molecule has 0 radical (unpaired) electrons. The molecule has 0 bridgehead atoms. The molecule has 1 atom stereocenters. The molecule has 2 heterocycles. The number of amides is 2. The summed E-state index contributed by atoms with van der Waals surface area (Å²) in [4.78, 5) is 26.4. The lowest BCUT2D eigenvalue weighted by molar-refractivity contribution is -0.119. The van der Waals surface area contributed by atoms with Crippen molar-refractivity contribution in [2.24, 2.45) is 0 Å². The van der Waals surface area contributed by atoms with E-state index in [0.717, 1.165) is 12.2 Å². The van der Waals surface area contributed by atoms with Crippen molar-refractivity contribution in [3.63, 3.8) is 0 Å². The molecule has 3 rings (SSSR count). The van der Waals surface area contributed by atoms with Gasteiger partial charge in [0.1, 0.15) is 11.8 Å². The summed E-state index contributed by atoms with van der Waals surface area (Å²) in [5.41, 5.74) is 0.674. The van der Waals surface area contributed by atoms with Crippen molar-refractivity contribution in [3.05, 3.63) is 48.4 Å². The lowest BCUT2D eigenvalue weighted by Crippen LogP contribution is -2.43. The van der Waals surface area contributed by atoms with Gasteiger partial charge in [-0.25, -0.2) is 0 Å². The third kappa shape index (κ3) is 3.21. The molecule has 1 aromatic carbocycles. The van der Waals surface area contributed by atoms with E-state index in [9.17, 15) is 9.59 Å². The molecular weight excluding hydrogens is 296 g/mol. The lowest BCUT2D eigenvalue weighted by atomic mass is 10.2. The molecule has 2 aromatic rings. The van der Waals surface area contributed by atoms with Crippen LogP contribution in [0.1, 0.15) is 23.4 Å². The van der Waals surface area contributed by atoms with E-state index in [4.69, 9.17) is 9.15 Å². The Hall–Kier alpha value is -2.76. The van der Waals surface area contributed by atoms with Gasteiger partial charge in [-0.1, -0.05) is 0 Å². The lowest BCUT2D eigenvalue weighted by Gasteiger charge is -2.23. The number of nitrogens with one attached hydrogen (secondary N) is 1. The van der Waals surface area contributed by atoms with E-state index in [1.54, 1.807) is 48.4 Å². The highest BCUT2D eigenvalue weighted by atomic mass is 16.5. The maximum Gasteiger partial charge on any atom is 0.290 e. The van der Waals surface area contributed by atoms with Gasteiger partial charge in [-0.05, 0) is 49.2 Å². The summed E-state index contributed by atoms with van der Waals surface area (Å²) in [7, 11) is 1.59. The molecule has 6 nitrogen and oxygen atoms in total. The smallest absolute Gasteiger partial charge is 0.290 e. The van der Waals surface area contributed by atoms with Gasteiger partial charge in [0, 0.05) is 12.2 Å². The van der Waals surface area contributed by atoms with Gasteiger partial charge in [-0.2, -0.15) is 0 Å². The monoisotopic (exact) mass is 314 g/mol. The third-order valence-electron chi connectivity index (χ3n) is 3.91. The molecule has 1 N–H and O–H groups in total. The fraction of sp³-hybridized carbons (Fsp3) is 0.294. The van der Waals surface area contributed by atoms with Crippen molar-refractivity contribution in [1.82, 2.24) is 4.90 Å². The van der Waals surface area contributed by atoms with Gasteiger partial charge in [-0.3, -0.25) is 9.59 Å². The van der Waals surface area contributed by atoms with Crippen molar-refractivity contribution in [3.8, 4) is 5.75 Å². The number of rotatable bonds is 4. The average molecular weight is 314 g/mol. The van der Waals surface area contributed by atoms with Gasteiger partial charge in [0.25, 0.3) is 5.91 Å². The molecule has 23 heavy (non-hydrogen) atoms. The molecule has 1 fully saturated rings. The number of furan rings is 1. The normalized spacial score (nSPS) is 17.1. The number of methoxy groups -OCH3 is 1. The number of hydrogen-bond donors (Lipinski definition) is 1. The number of likely N-dealkylation sites (tertiary alicyclic amines) is 1. The topological polar surface area (TPSA) is 71.8 Å². The molecule has 1 aromatic heterocycles. The van der Waals surface area contributed by atoms with E-state index in [0.29, 0.717) is 18.7 Å². The van der Waals surface area contributed by atoms with Crippen LogP contribution in [-0.4, -0.2) is 36.4 Å². The largest absolute Gasteiger partial charge is 0.497 e. The van der Waals surface area contributed by atoms with Gasteiger partial charge < -0.3 is 19.4 Å². The molecule has 0 saturated carbocycles. The fourth-order valence-corrected chi connectivity index (χ4v) is 2.72. The molecule has 1 aliphatic heterocycles. The maximum absolute atomic E-state index is 12.5.